The number of phosphoric acid groups is 1. The predicted molar refractivity (Wildman–Crippen MR) is 289 cm³/mol. The average molecular weight is 981 g/mol. The van der Waals surface area contributed by atoms with Crippen LogP contribution in [0.1, 0.15) is 271 Å². The van der Waals surface area contributed by atoms with Gasteiger partial charge < -0.3 is 18.9 Å². The molecule has 0 saturated heterocycles. The Hall–Kier alpha value is -1.77. The van der Waals surface area contributed by atoms with E-state index in [9.17, 15) is 19.0 Å². The second kappa shape index (κ2) is 50.2. The Bertz CT molecular complexity index is 1250. The van der Waals surface area contributed by atoms with E-state index in [0.717, 1.165) is 70.6 Å². The first kappa shape index (κ1) is 66.2. The van der Waals surface area contributed by atoms with E-state index in [1.54, 1.807) is 0 Å². The van der Waals surface area contributed by atoms with Gasteiger partial charge in [0.1, 0.15) is 19.8 Å². The minimum absolute atomic E-state index is 0.0300. The third-order valence-electron chi connectivity index (χ3n) is 12.7. The van der Waals surface area contributed by atoms with Crippen LogP contribution in [0.2, 0.25) is 0 Å². The molecule has 9 nitrogen and oxygen atoms in total. The summed E-state index contributed by atoms with van der Waals surface area (Å²) in [7, 11) is 1.48. The van der Waals surface area contributed by atoms with Crippen LogP contribution < -0.4 is 0 Å². The molecule has 0 aliphatic heterocycles. The lowest BCUT2D eigenvalue weighted by Gasteiger charge is -2.24. The molecule has 0 bridgehead atoms. The topological polar surface area (TPSA) is 108 Å². The number of ether oxygens (including phenoxy) is 2. The molecule has 1 N–H and O–H groups in total. The van der Waals surface area contributed by atoms with Crippen LogP contribution in [0, 0.1) is 0 Å². The number of phosphoric ester groups is 1. The Morgan fingerprint density at radius 3 is 1.18 bits per heavy atom. The van der Waals surface area contributed by atoms with Gasteiger partial charge in [-0.1, -0.05) is 243 Å². The van der Waals surface area contributed by atoms with Gasteiger partial charge in [0, 0.05) is 12.8 Å². The van der Waals surface area contributed by atoms with Gasteiger partial charge in [0.05, 0.1) is 27.7 Å². The number of esters is 2. The van der Waals surface area contributed by atoms with Crippen LogP contribution in [-0.4, -0.2) is 74.9 Å². The SMILES string of the molecule is CCCCCCC/C=C\C/C=C\C/C=C\CCCCCCCCC(=O)OC(COC(=O)CCCCCCCCCCCCCCCCCCCCCCCCC)COP(=O)(O)OCC[N+](C)(C)C. The van der Waals surface area contributed by atoms with Crippen LogP contribution in [0.5, 0.6) is 0 Å². The van der Waals surface area contributed by atoms with E-state index in [0.29, 0.717) is 23.9 Å². The van der Waals surface area contributed by atoms with Crippen molar-refractivity contribution in [1.82, 2.24) is 0 Å². The van der Waals surface area contributed by atoms with Crippen molar-refractivity contribution >= 4 is 19.8 Å². The Morgan fingerprint density at radius 1 is 0.456 bits per heavy atom. The van der Waals surface area contributed by atoms with E-state index in [1.807, 2.05) is 21.1 Å². The highest BCUT2D eigenvalue weighted by Gasteiger charge is 2.27. The standard InChI is InChI=1S/C58H110NO8P/c1-6-8-10-12-14-16-18-20-22-24-26-28-29-31-32-34-36-38-40-42-44-46-48-50-57(60)64-54-56(55-66-68(62,63)65-53-52-59(3,4)5)67-58(61)51-49-47-45-43-41-39-37-35-33-30-27-25-23-21-19-17-15-13-11-9-7-2/h19,21,25,27,33,35,56H,6-18,20,22-24,26,28-32,34,36-55H2,1-5H3/p+1/b21-19-,27-25-,35-33-. The van der Waals surface area contributed by atoms with Crippen LogP contribution >= 0.6 is 7.82 Å². The van der Waals surface area contributed by atoms with Crippen molar-refractivity contribution in [2.24, 2.45) is 0 Å². The number of allylic oxidation sites excluding steroid dienone is 6. The lowest BCUT2D eigenvalue weighted by atomic mass is 10.0. The molecule has 0 aromatic carbocycles. The maximum atomic E-state index is 12.8. The number of nitrogens with zero attached hydrogens (tertiary/aromatic N) is 1. The van der Waals surface area contributed by atoms with Gasteiger partial charge in [0.15, 0.2) is 6.10 Å². The zero-order valence-electron chi connectivity index (χ0n) is 45.4. The van der Waals surface area contributed by atoms with Crippen LogP contribution in [0.4, 0.5) is 0 Å². The third kappa shape index (κ3) is 53.6. The smallest absolute Gasteiger partial charge is 0.462 e. The fraction of sp³-hybridized carbons (Fsp3) is 0.862. The second-order valence-electron chi connectivity index (χ2n) is 20.7. The average Bonchev–Trinajstić information content (AvgIpc) is 3.30. The number of likely N-dealkylation sites (N-methyl/N-ethyl adjacent to an activating group) is 1. The van der Waals surface area contributed by atoms with Crippen LogP contribution in [0.3, 0.4) is 0 Å². The van der Waals surface area contributed by atoms with E-state index in [-0.39, 0.29) is 25.6 Å². The molecule has 2 unspecified atom stereocenters. The monoisotopic (exact) mass is 981 g/mol. The summed E-state index contributed by atoms with van der Waals surface area (Å²) >= 11 is 0. The highest BCUT2D eigenvalue weighted by molar-refractivity contribution is 7.47. The molecular formula is C58H111NO8P+. The molecule has 10 heteroatoms. The van der Waals surface area contributed by atoms with Crippen LogP contribution in [0.25, 0.3) is 0 Å². The predicted octanol–water partition coefficient (Wildman–Crippen LogP) is 17.6. The van der Waals surface area contributed by atoms with E-state index >= 15 is 0 Å². The molecule has 0 aliphatic carbocycles. The zero-order chi connectivity index (χ0) is 49.9. The Labute approximate surface area is 421 Å². The largest absolute Gasteiger partial charge is 0.472 e. The van der Waals surface area contributed by atoms with Crippen molar-refractivity contribution in [2.75, 3.05) is 47.5 Å². The summed E-state index contributed by atoms with van der Waals surface area (Å²) in [6.07, 6.45) is 60.6. The van der Waals surface area contributed by atoms with Crippen molar-refractivity contribution in [3.05, 3.63) is 36.5 Å². The molecule has 400 valence electrons. The first-order valence-corrected chi connectivity index (χ1v) is 30.2. The minimum atomic E-state index is -4.39. The highest BCUT2D eigenvalue weighted by Crippen LogP contribution is 2.43. The molecule has 0 radical (unpaired) electrons. The number of hydrogen-bond acceptors (Lipinski definition) is 7. The van der Waals surface area contributed by atoms with Crippen LogP contribution in [-0.2, 0) is 32.7 Å². The molecule has 0 aromatic rings. The van der Waals surface area contributed by atoms with Gasteiger partial charge in [-0.25, -0.2) is 4.57 Å². The fourth-order valence-electron chi connectivity index (χ4n) is 8.20. The van der Waals surface area contributed by atoms with E-state index < -0.39 is 26.5 Å². The lowest BCUT2D eigenvalue weighted by molar-refractivity contribution is -0.870. The number of hydrogen-bond donors (Lipinski definition) is 1. The minimum Gasteiger partial charge on any atom is -0.462 e. The number of quaternary nitrogens is 1. The van der Waals surface area contributed by atoms with Crippen molar-refractivity contribution in [3.8, 4) is 0 Å². The van der Waals surface area contributed by atoms with Gasteiger partial charge in [-0.2, -0.15) is 0 Å². The molecule has 0 aliphatic rings. The summed E-state index contributed by atoms with van der Waals surface area (Å²) in [6, 6.07) is 0. The summed E-state index contributed by atoms with van der Waals surface area (Å²) in [5.41, 5.74) is 0. The fourth-order valence-corrected chi connectivity index (χ4v) is 8.94. The van der Waals surface area contributed by atoms with Crippen molar-refractivity contribution in [3.63, 3.8) is 0 Å². The first-order valence-electron chi connectivity index (χ1n) is 28.7. The third-order valence-corrected chi connectivity index (χ3v) is 13.7. The molecule has 0 heterocycles. The molecular weight excluding hydrogens is 870 g/mol. The van der Waals surface area contributed by atoms with Gasteiger partial charge in [-0.05, 0) is 51.4 Å². The number of unbranched alkanes of at least 4 members (excludes halogenated alkanes) is 33. The normalized spacial score (nSPS) is 13.6. The first-order chi connectivity index (χ1) is 33.0. The van der Waals surface area contributed by atoms with Crippen molar-refractivity contribution in [1.29, 1.82) is 0 Å². The van der Waals surface area contributed by atoms with Crippen molar-refractivity contribution in [2.45, 2.75) is 277 Å². The van der Waals surface area contributed by atoms with E-state index in [1.165, 1.54) is 167 Å². The summed E-state index contributed by atoms with van der Waals surface area (Å²) in [5, 5.41) is 0. The molecule has 0 fully saturated rings. The summed E-state index contributed by atoms with van der Waals surface area (Å²) in [4.78, 5) is 35.7. The number of carbonyl (C=O) groups excluding carboxylic acids is 2. The Kier molecular flexibility index (Phi) is 48.9. The molecule has 0 rings (SSSR count). The summed E-state index contributed by atoms with van der Waals surface area (Å²) < 4.78 is 34.5. The molecule has 0 saturated carbocycles. The maximum Gasteiger partial charge on any atom is 0.472 e. The lowest BCUT2D eigenvalue weighted by Crippen LogP contribution is -2.37. The second-order valence-corrected chi connectivity index (χ2v) is 22.1. The van der Waals surface area contributed by atoms with Gasteiger partial charge in [-0.15, -0.1) is 0 Å². The van der Waals surface area contributed by atoms with Gasteiger partial charge in [-0.3, -0.25) is 18.6 Å². The molecule has 2 atom stereocenters. The molecule has 68 heavy (non-hydrogen) atoms. The van der Waals surface area contributed by atoms with Gasteiger partial charge in [0.25, 0.3) is 0 Å². The van der Waals surface area contributed by atoms with Crippen molar-refractivity contribution < 1.29 is 42.1 Å². The van der Waals surface area contributed by atoms with E-state index in [4.69, 9.17) is 18.5 Å². The summed E-state index contributed by atoms with van der Waals surface area (Å²) in [6.45, 7) is 4.45. The molecule has 0 spiro atoms. The van der Waals surface area contributed by atoms with Gasteiger partial charge in [0.2, 0.25) is 0 Å². The zero-order valence-corrected chi connectivity index (χ0v) is 46.2. The molecule has 0 aromatic heterocycles. The maximum absolute atomic E-state index is 12.8. The number of rotatable bonds is 53. The highest BCUT2D eigenvalue weighted by atomic mass is 31.2. The Balaban J connectivity index is 4.18. The van der Waals surface area contributed by atoms with Crippen LogP contribution in [0.15, 0.2) is 36.5 Å². The molecule has 0 amide bonds. The summed E-state index contributed by atoms with van der Waals surface area (Å²) in [5.74, 6) is -0.800. The quantitative estimate of drug-likeness (QED) is 0.0211. The Morgan fingerprint density at radius 2 is 0.794 bits per heavy atom. The number of carbonyl (C=O) groups is 2. The van der Waals surface area contributed by atoms with Gasteiger partial charge >= 0.3 is 19.8 Å². The van der Waals surface area contributed by atoms with E-state index in [2.05, 4.69) is 50.3 Å².